The Morgan fingerprint density at radius 2 is 2.09 bits per heavy atom. The van der Waals surface area contributed by atoms with Gasteiger partial charge in [0.2, 0.25) is 5.91 Å². The maximum atomic E-state index is 12.5. The molecule has 1 atom stereocenters. The Balaban J connectivity index is 1.69. The molecule has 23 heavy (non-hydrogen) atoms. The Kier molecular flexibility index (Phi) is 5.26. The zero-order valence-electron chi connectivity index (χ0n) is 13.0. The number of hydrogen-bond donors (Lipinski definition) is 1. The molecular formula is C17H18Br2N2OS. The van der Waals surface area contributed by atoms with Gasteiger partial charge < -0.3 is 5.32 Å². The van der Waals surface area contributed by atoms with E-state index >= 15 is 0 Å². The molecule has 1 aromatic heterocycles. The highest BCUT2D eigenvalue weighted by molar-refractivity contribution is 9.11. The smallest absolute Gasteiger partial charge is 0.238 e. The Labute approximate surface area is 157 Å². The van der Waals surface area contributed by atoms with Crippen molar-refractivity contribution in [2.45, 2.75) is 26.3 Å². The lowest BCUT2D eigenvalue weighted by Crippen LogP contribution is -2.39. The maximum Gasteiger partial charge on any atom is 0.238 e. The number of fused-ring (bicyclic) bond motifs is 1. The molecular weight excluding hydrogens is 440 g/mol. The third kappa shape index (κ3) is 3.71. The molecule has 0 bridgehead atoms. The van der Waals surface area contributed by atoms with Crippen LogP contribution in [0.25, 0.3) is 0 Å². The summed E-state index contributed by atoms with van der Waals surface area (Å²) in [4.78, 5) is 16.2. The van der Waals surface area contributed by atoms with E-state index in [0.717, 1.165) is 33.2 Å². The van der Waals surface area contributed by atoms with Crippen LogP contribution in [0.5, 0.6) is 0 Å². The van der Waals surface area contributed by atoms with Gasteiger partial charge in [0.15, 0.2) is 0 Å². The van der Waals surface area contributed by atoms with E-state index < -0.39 is 0 Å². The van der Waals surface area contributed by atoms with E-state index in [4.69, 9.17) is 0 Å². The first-order valence-corrected chi connectivity index (χ1v) is 9.98. The lowest BCUT2D eigenvalue weighted by Gasteiger charge is -2.33. The summed E-state index contributed by atoms with van der Waals surface area (Å²) in [5.74, 6) is 0.0146. The number of carbonyl (C=O) groups is 1. The molecule has 6 heteroatoms. The minimum absolute atomic E-state index is 0.0146. The maximum absolute atomic E-state index is 12.5. The van der Waals surface area contributed by atoms with Crippen molar-refractivity contribution < 1.29 is 4.79 Å². The van der Waals surface area contributed by atoms with Crippen molar-refractivity contribution in [1.29, 1.82) is 0 Å². The first-order valence-electron chi connectivity index (χ1n) is 7.51. The third-order valence-corrected chi connectivity index (χ3v) is 6.45. The van der Waals surface area contributed by atoms with Gasteiger partial charge in [-0.05, 0) is 86.8 Å². The minimum Gasteiger partial charge on any atom is -0.323 e. The molecule has 0 fully saturated rings. The third-order valence-electron chi connectivity index (χ3n) is 4.20. The number of anilines is 1. The average molecular weight is 458 g/mol. The highest BCUT2D eigenvalue weighted by atomic mass is 79.9. The summed E-state index contributed by atoms with van der Waals surface area (Å²) >= 11 is 8.86. The number of carbonyl (C=O) groups excluding carboxylic acids is 1. The number of aryl methyl sites for hydroxylation is 1. The van der Waals surface area contributed by atoms with Crippen LogP contribution in [0.3, 0.4) is 0 Å². The van der Waals surface area contributed by atoms with Gasteiger partial charge >= 0.3 is 0 Å². The van der Waals surface area contributed by atoms with Crippen molar-refractivity contribution in [1.82, 2.24) is 4.90 Å². The average Bonchev–Trinajstić information content (AvgIpc) is 2.95. The van der Waals surface area contributed by atoms with Crippen LogP contribution < -0.4 is 5.32 Å². The van der Waals surface area contributed by atoms with Crippen molar-refractivity contribution >= 4 is 54.8 Å². The van der Waals surface area contributed by atoms with Crippen LogP contribution in [-0.2, 0) is 11.2 Å². The standard InChI is InChI=1S/C17H18Br2N2OS/c1-10-7-13(18)17(14(19)8-10)20-16(22)9-21-5-3-15-12(11(21)2)4-6-23-15/h4,6-8,11H,3,5,9H2,1-2H3,(H,20,22)/t11-/m0/s1. The van der Waals surface area contributed by atoms with Gasteiger partial charge in [0.05, 0.1) is 12.2 Å². The fourth-order valence-electron chi connectivity index (χ4n) is 2.96. The van der Waals surface area contributed by atoms with Crippen LogP contribution in [-0.4, -0.2) is 23.9 Å². The fourth-order valence-corrected chi connectivity index (χ4v) is 5.54. The highest BCUT2D eigenvalue weighted by Crippen LogP contribution is 2.34. The molecule has 0 saturated heterocycles. The largest absolute Gasteiger partial charge is 0.323 e. The van der Waals surface area contributed by atoms with Gasteiger partial charge in [-0.2, -0.15) is 0 Å². The van der Waals surface area contributed by atoms with Crippen molar-refractivity contribution in [3.63, 3.8) is 0 Å². The molecule has 0 aliphatic carbocycles. The monoisotopic (exact) mass is 456 g/mol. The number of nitrogens with zero attached hydrogens (tertiary/aromatic N) is 1. The van der Waals surface area contributed by atoms with Gasteiger partial charge in [-0.1, -0.05) is 0 Å². The summed E-state index contributed by atoms with van der Waals surface area (Å²) < 4.78 is 1.79. The van der Waals surface area contributed by atoms with Crippen molar-refractivity contribution in [3.05, 3.63) is 48.5 Å². The second-order valence-electron chi connectivity index (χ2n) is 5.85. The Morgan fingerprint density at radius 3 is 2.78 bits per heavy atom. The number of rotatable bonds is 3. The topological polar surface area (TPSA) is 32.3 Å². The number of benzene rings is 1. The van der Waals surface area contributed by atoms with Crippen LogP contribution in [0.2, 0.25) is 0 Å². The van der Waals surface area contributed by atoms with Gasteiger partial charge in [-0.3, -0.25) is 9.69 Å². The SMILES string of the molecule is Cc1cc(Br)c(NC(=O)CN2CCc3sccc3[C@@H]2C)c(Br)c1. The number of thiophene rings is 1. The zero-order chi connectivity index (χ0) is 16.6. The van der Waals surface area contributed by atoms with Crippen molar-refractivity contribution in [2.24, 2.45) is 0 Å². The van der Waals surface area contributed by atoms with E-state index in [9.17, 15) is 4.79 Å². The molecule has 0 saturated carbocycles. The van der Waals surface area contributed by atoms with Crippen molar-refractivity contribution in [2.75, 3.05) is 18.4 Å². The summed E-state index contributed by atoms with van der Waals surface area (Å²) in [7, 11) is 0. The quantitative estimate of drug-likeness (QED) is 0.691. The van der Waals surface area contributed by atoms with Crippen LogP contribution in [0.15, 0.2) is 32.5 Å². The zero-order valence-corrected chi connectivity index (χ0v) is 17.0. The molecule has 0 unspecified atom stereocenters. The Bertz CT molecular complexity index is 721. The predicted molar refractivity (Wildman–Crippen MR) is 103 cm³/mol. The molecule has 3 nitrogen and oxygen atoms in total. The molecule has 1 aliphatic rings. The van der Waals surface area contributed by atoms with E-state index in [2.05, 4.69) is 60.4 Å². The lowest BCUT2D eigenvalue weighted by atomic mass is 10.0. The first-order chi connectivity index (χ1) is 11.0. The number of halogens is 2. The molecule has 0 spiro atoms. The molecule has 122 valence electrons. The van der Waals surface area contributed by atoms with Gasteiger partial charge in [-0.15, -0.1) is 11.3 Å². The van der Waals surface area contributed by atoms with E-state index in [0.29, 0.717) is 12.6 Å². The first kappa shape index (κ1) is 17.1. The molecule has 1 aromatic carbocycles. The van der Waals surface area contributed by atoms with E-state index in [-0.39, 0.29) is 5.91 Å². The highest BCUT2D eigenvalue weighted by Gasteiger charge is 2.26. The molecule has 2 aromatic rings. The van der Waals surface area contributed by atoms with Gasteiger partial charge in [0.1, 0.15) is 0 Å². The molecule has 1 aliphatic heterocycles. The molecule has 1 N–H and O–H groups in total. The molecule has 0 radical (unpaired) electrons. The predicted octanol–water partition coefficient (Wildman–Crippen LogP) is 5.14. The fraction of sp³-hybridized carbons (Fsp3) is 0.353. The normalized spacial score (nSPS) is 17.8. The summed E-state index contributed by atoms with van der Waals surface area (Å²) in [6.07, 6.45) is 1.03. The van der Waals surface area contributed by atoms with Crippen LogP contribution in [0.1, 0.15) is 29.0 Å². The van der Waals surface area contributed by atoms with Crippen LogP contribution >= 0.6 is 43.2 Å². The second kappa shape index (κ2) is 7.05. The summed E-state index contributed by atoms with van der Waals surface area (Å²) in [6, 6.07) is 6.48. The van der Waals surface area contributed by atoms with Crippen LogP contribution in [0.4, 0.5) is 5.69 Å². The molecule has 3 rings (SSSR count). The Hall–Kier alpha value is -0.690. The van der Waals surface area contributed by atoms with Crippen molar-refractivity contribution in [3.8, 4) is 0 Å². The number of nitrogens with one attached hydrogen (secondary N) is 1. The van der Waals surface area contributed by atoms with Crippen LogP contribution in [0, 0.1) is 6.92 Å². The van der Waals surface area contributed by atoms with E-state index in [1.54, 1.807) is 0 Å². The molecule has 1 amide bonds. The Morgan fingerprint density at radius 1 is 1.39 bits per heavy atom. The minimum atomic E-state index is 0.0146. The van der Waals surface area contributed by atoms with Gasteiger partial charge in [0.25, 0.3) is 0 Å². The number of amides is 1. The summed E-state index contributed by atoms with van der Waals surface area (Å²) in [5, 5.41) is 5.16. The van der Waals surface area contributed by atoms with Gasteiger partial charge in [0, 0.05) is 26.4 Å². The van der Waals surface area contributed by atoms with E-state index in [1.165, 1.54) is 10.4 Å². The lowest BCUT2D eigenvalue weighted by molar-refractivity contribution is -0.117. The number of hydrogen-bond acceptors (Lipinski definition) is 3. The summed E-state index contributed by atoms with van der Waals surface area (Å²) in [5.41, 5.74) is 3.30. The van der Waals surface area contributed by atoms with E-state index in [1.807, 2.05) is 30.4 Å². The second-order valence-corrected chi connectivity index (χ2v) is 8.56. The van der Waals surface area contributed by atoms with Gasteiger partial charge in [-0.25, -0.2) is 0 Å². The molecule has 2 heterocycles. The summed E-state index contributed by atoms with van der Waals surface area (Å²) in [6.45, 7) is 5.53.